The highest BCUT2D eigenvalue weighted by Crippen LogP contribution is 2.21. The molecule has 0 atom stereocenters. The molecule has 0 bridgehead atoms. The third kappa shape index (κ3) is 1.56. The smallest absolute Gasteiger partial charge is 0.211 e. The van der Waals surface area contributed by atoms with Crippen LogP contribution in [0.25, 0.3) is 17.0 Å². The first-order valence-corrected chi connectivity index (χ1v) is 5.18. The Morgan fingerprint density at radius 1 is 1.24 bits per heavy atom. The van der Waals surface area contributed by atoms with Crippen LogP contribution in [-0.2, 0) is 0 Å². The summed E-state index contributed by atoms with van der Waals surface area (Å²) >= 11 is 0. The molecular formula is C12H9FN4. The molecule has 17 heavy (non-hydrogen) atoms. The summed E-state index contributed by atoms with van der Waals surface area (Å²) in [4.78, 5) is 8.29. The molecule has 1 aromatic carbocycles. The Morgan fingerprint density at radius 3 is 2.88 bits per heavy atom. The number of halogens is 1. The van der Waals surface area contributed by atoms with Crippen LogP contribution in [0.1, 0.15) is 5.69 Å². The molecule has 0 radical (unpaired) electrons. The zero-order chi connectivity index (χ0) is 11.8. The molecule has 4 nitrogen and oxygen atoms in total. The van der Waals surface area contributed by atoms with Gasteiger partial charge in [-0.25, -0.2) is 13.9 Å². The van der Waals surface area contributed by atoms with Crippen LogP contribution in [0, 0.1) is 12.7 Å². The molecular weight excluding hydrogens is 219 g/mol. The molecule has 0 aliphatic heterocycles. The summed E-state index contributed by atoms with van der Waals surface area (Å²) in [5.74, 6) is 0.187. The molecule has 3 aromatic rings. The van der Waals surface area contributed by atoms with Crippen molar-refractivity contribution in [2.45, 2.75) is 6.92 Å². The van der Waals surface area contributed by atoms with Gasteiger partial charge in [0.1, 0.15) is 12.1 Å². The summed E-state index contributed by atoms with van der Waals surface area (Å²) in [6, 6.07) is 8.34. The van der Waals surface area contributed by atoms with Crippen molar-refractivity contribution >= 4 is 5.78 Å². The van der Waals surface area contributed by atoms with E-state index in [1.54, 1.807) is 28.8 Å². The van der Waals surface area contributed by atoms with Gasteiger partial charge in [-0.3, -0.25) is 0 Å². The first-order valence-electron chi connectivity index (χ1n) is 5.18. The molecule has 0 N–H and O–H groups in total. The molecule has 5 heteroatoms. The van der Waals surface area contributed by atoms with E-state index in [1.165, 1.54) is 12.4 Å². The zero-order valence-corrected chi connectivity index (χ0v) is 9.13. The van der Waals surface area contributed by atoms with Gasteiger partial charge in [-0.1, -0.05) is 12.1 Å². The lowest BCUT2D eigenvalue weighted by Gasteiger charge is -2.04. The number of rotatable bonds is 1. The topological polar surface area (TPSA) is 43.1 Å². The predicted molar refractivity (Wildman–Crippen MR) is 60.9 cm³/mol. The van der Waals surface area contributed by atoms with Gasteiger partial charge in [-0.05, 0) is 25.1 Å². The summed E-state index contributed by atoms with van der Waals surface area (Å²) < 4.78 is 15.3. The summed E-state index contributed by atoms with van der Waals surface area (Å²) in [5.41, 5.74) is 1.91. The standard InChI is InChI=1S/C12H9FN4/c1-8-6-11(9-4-2-3-5-10(9)13)16-12-14-7-15-17(8)12/h2-7H,1H3. The quantitative estimate of drug-likeness (QED) is 0.641. The highest BCUT2D eigenvalue weighted by atomic mass is 19.1. The maximum Gasteiger partial charge on any atom is 0.252 e. The third-order valence-corrected chi connectivity index (χ3v) is 2.58. The summed E-state index contributed by atoms with van der Waals surface area (Å²) in [6.45, 7) is 1.88. The Hall–Kier alpha value is -2.30. The van der Waals surface area contributed by atoms with Crippen LogP contribution >= 0.6 is 0 Å². The minimum Gasteiger partial charge on any atom is -0.211 e. The van der Waals surface area contributed by atoms with Crippen LogP contribution in [0.3, 0.4) is 0 Å². The molecule has 0 aliphatic rings. The van der Waals surface area contributed by atoms with Crippen LogP contribution in [0.4, 0.5) is 4.39 Å². The highest BCUT2D eigenvalue weighted by Gasteiger charge is 2.09. The fourth-order valence-electron chi connectivity index (χ4n) is 1.77. The van der Waals surface area contributed by atoms with Crippen molar-refractivity contribution in [3.05, 3.63) is 48.2 Å². The molecule has 0 unspecified atom stereocenters. The maximum atomic E-state index is 13.7. The fraction of sp³-hybridized carbons (Fsp3) is 0.0833. The van der Waals surface area contributed by atoms with Gasteiger partial charge >= 0.3 is 0 Å². The number of hydrogen-bond acceptors (Lipinski definition) is 3. The van der Waals surface area contributed by atoms with Gasteiger partial charge in [-0.15, -0.1) is 0 Å². The summed E-state index contributed by atoms with van der Waals surface area (Å²) in [7, 11) is 0. The predicted octanol–water partition coefficient (Wildman–Crippen LogP) is 2.24. The molecule has 2 heterocycles. The second-order valence-corrected chi connectivity index (χ2v) is 3.73. The number of benzene rings is 1. The van der Waals surface area contributed by atoms with Crippen molar-refractivity contribution in [1.82, 2.24) is 19.6 Å². The SMILES string of the molecule is Cc1cc(-c2ccccc2F)nc2ncnn12. The number of hydrogen-bond donors (Lipinski definition) is 0. The van der Waals surface area contributed by atoms with E-state index in [9.17, 15) is 4.39 Å². The number of aromatic nitrogens is 4. The van der Waals surface area contributed by atoms with Crippen molar-refractivity contribution in [2.75, 3.05) is 0 Å². The monoisotopic (exact) mass is 228 g/mol. The minimum absolute atomic E-state index is 0.289. The van der Waals surface area contributed by atoms with E-state index in [0.717, 1.165) is 5.69 Å². The Bertz CT molecular complexity index is 690. The van der Waals surface area contributed by atoms with Gasteiger partial charge in [0, 0.05) is 11.3 Å². The van der Waals surface area contributed by atoms with Crippen molar-refractivity contribution < 1.29 is 4.39 Å². The first kappa shape index (κ1) is 9.89. The van der Waals surface area contributed by atoms with Gasteiger partial charge in [0.05, 0.1) is 5.69 Å². The molecule has 2 aromatic heterocycles. The maximum absolute atomic E-state index is 13.7. The molecule has 84 valence electrons. The lowest BCUT2D eigenvalue weighted by molar-refractivity contribution is 0.630. The van der Waals surface area contributed by atoms with Gasteiger partial charge in [-0.2, -0.15) is 10.1 Å². The minimum atomic E-state index is -0.289. The highest BCUT2D eigenvalue weighted by molar-refractivity contribution is 5.61. The second kappa shape index (κ2) is 3.62. The van der Waals surface area contributed by atoms with Crippen LogP contribution < -0.4 is 0 Å². The van der Waals surface area contributed by atoms with Gasteiger partial charge < -0.3 is 0 Å². The number of fused-ring (bicyclic) bond motifs is 1. The average molecular weight is 228 g/mol. The van der Waals surface area contributed by atoms with Crippen molar-refractivity contribution in [1.29, 1.82) is 0 Å². The molecule has 0 spiro atoms. The molecule has 0 amide bonds. The molecule has 0 aliphatic carbocycles. The van der Waals surface area contributed by atoms with Crippen molar-refractivity contribution in [3.63, 3.8) is 0 Å². The summed E-state index contributed by atoms with van der Waals surface area (Å²) in [6.07, 6.45) is 1.43. The zero-order valence-electron chi connectivity index (χ0n) is 9.13. The van der Waals surface area contributed by atoms with Gasteiger partial charge in [0.15, 0.2) is 0 Å². The van der Waals surface area contributed by atoms with Gasteiger partial charge in [0.2, 0.25) is 0 Å². The van der Waals surface area contributed by atoms with Gasteiger partial charge in [0.25, 0.3) is 5.78 Å². The third-order valence-electron chi connectivity index (χ3n) is 2.58. The Morgan fingerprint density at radius 2 is 2.06 bits per heavy atom. The van der Waals surface area contributed by atoms with Crippen LogP contribution in [-0.4, -0.2) is 19.6 Å². The molecule has 0 fully saturated rings. The average Bonchev–Trinajstić information content (AvgIpc) is 2.78. The van der Waals surface area contributed by atoms with E-state index in [4.69, 9.17) is 0 Å². The van der Waals surface area contributed by atoms with Crippen molar-refractivity contribution in [2.24, 2.45) is 0 Å². The van der Waals surface area contributed by atoms with Crippen LogP contribution in [0.2, 0.25) is 0 Å². The Kier molecular flexibility index (Phi) is 2.11. The lowest BCUT2D eigenvalue weighted by Crippen LogP contribution is -1.98. The van der Waals surface area contributed by atoms with E-state index >= 15 is 0 Å². The fourth-order valence-corrected chi connectivity index (χ4v) is 1.77. The Balaban J connectivity index is 2.28. The van der Waals surface area contributed by atoms with Crippen LogP contribution in [0.15, 0.2) is 36.7 Å². The summed E-state index contributed by atoms with van der Waals surface area (Å²) in [5, 5.41) is 4.02. The lowest BCUT2D eigenvalue weighted by atomic mass is 10.1. The largest absolute Gasteiger partial charge is 0.252 e. The molecule has 0 saturated heterocycles. The normalized spacial score (nSPS) is 10.9. The molecule has 3 rings (SSSR count). The van der Waals surface area contributed by atoms with E-state index in [2.05, 4.69) is 15.1 Å². The second-order valence-electron chi connectivity index (χ2n) is 3.73. The molecule has 0 saturated carbocycles. The van der Waals surface area contributed by atoms with E-state index in [0.29, 0.717) is 17.0 Å². The van der Waals surface area contributed by atoms with Crippen molar-refractivity contribution in [3.8, 4) is 11.3 Å². The number of aryl methyl sites for hydroxylation is 1. The first-order chi connectivity index (χ1) is 8.25. The Labute approximate surface area is 96.8 Å². The van der Waals surface area contributed by atoms with E-state index in [1.807, 2.05) is 6.92 Å². The number of nitrogens with zero attached hydrogens (tertiary/aromatic N) is 4. The van der Waals surface area contributed by atoms with Crippen LogP contribution in [0.5, 0.6) is 0 Å². The van der Waals surface area contributed by atoms with E-state index in [-0.39, 0.29) is 5.82 Å². The van der Waals surface area contributed by atoms with E-state index < -0.39 is 0 Å².